The number of aliphatic hydroxyl groups is 2. The predicted molar refractivity (Wildman–Crippen MR) is 59.5 cm³/mol. The van der Waals surface area contributed by atoms with Gasteiger partial charge in [-0.1, -0.05) is 37.3 Å². The lowest BCUT2D eigenvalue weighted by molar-refractivity contribution is -0.0102. The van der Waals surface area contributed by atoms with Gasteiger partial charge in [-0.15, -0.1) is 0 Å². The van der Waals surface area contributed by atoms with Gasteiger partial charge in [-0.25, -0.2) is 0 Å². The van der Waals surface area contributed by atoms with Crippen LogP contribution in [0.2, 0.25) is 0 Å². The standard InChI is InChI=1S/C13H18O2/c1-13(11(14)7-8-12(13)15)9-10-5-3-2-4-6-10/h2-6,11-12,14-15H,7-9H2,1H3/t11-,12-/m0/s1. The smallest absolute Gasteiger partial charge is 0.0622 e. The van der Waals surface area contributed by atoms with E-state index in [4.69, 9.17) is 0 Å². The first kappa shape index (κ1) is 10.7. The second-order valence-electron chi connectivity index (χ2n) is 4.78. The summed E-state index contributed by atoms with van der Waals surface area (Å²) in [5.41, 5.74) is 0.807. The summed E-state index contributed by atoms with van der Waals surface area (Å²) < 4.78 is 0. The Hall–Kier alpha value is -0.860. The summed E-state index contributed by atoms with van der Waals surface area (Å²) in [6.07, 6.45) is 1.41. The maximum absolute atomic E-state index is 9.92. The SMILES string of the molecule is CC1(Cc2ccccc2)[C@@H](O)CC[C@@H]1O. The van der Waals surface area contributed by atoms with E-state index in [1.807, 2.05) is 37.3 Å². The molecule has 0 spiro atoms. The Kier molecular flexibility index (Phi) is 2.81. The molecule has 1 aliphatic carbocycles. The molecule has 0 saturated heterocycles. The van der Waals surface area contributed by atoms with Gasteiger partial charge in [0.25, 0.3) is 0 Å². The highest BCUT2D eigenvalue weighted by atomic mass is 16.3. The van der Waals surface area contributed by atoms with Crippen LogP contribution in [0.25, 0.3) is 0 Å². The van der Waals surface area contributed by atoms with E-state index in [0.29, 0.717) is 12.8 Å². The molecule has 0 aliphatic heterocycles. The van der Waals surface area contributed by atoms with E-state index in [1.165, 1.54) is 5.56 Å². The summed E-state index contributed by atoms with van der Waals surface area (Å²) in [4.78, 5) is 0. The molecule has 0 radical (unpaired) electrons. The Morgan fingerprint density at radius 3 is 2.20 bits per heavy atom. The molecule has 2 heteroatoms. The molecule has 2 nitrogen and oxygen atoms in total. The molecular weight excluding hydrogens is 188 g/mol. The first-order chi connectivity index (χ1) is 7.13. The molecule has 0 unspecified atom stereocenters. The lowest BCUT2D eigenvalue weighted by atomic mass is 9.78. The molecule has 2 atom stereocenters. The molecule has 1 saturated carbocycles. The third-order valence-electron chi connectivity index (χ3n) is 3.66. The van der Waals surface area contributed by atoms with Crippen LogP contribution in [0, 0.1) is 5.41 Å². The zero-order chi connectivity index (χ0) is 10.9. The number of rotatable bonds is 2. The van der Waals surface area contributed by atoms with Gasteiger partial charge < -0.3 is 10.2 Å². The van der Waals surface area contributed by atoms with Crippen molar-refractivity contribution >= 4 is 0 Å². The first-order valence-electron chi connectivity index (χ1n) is 5.53. The maximum atomic E-state index is 9.92. The van der Waals surface area contributed by atoms with Crippen molar-refractivity contribution in [3.63, 3.8) is 0 Å². The average molecular weight is 206 g/mol. The highest BCUT2D eigenvalue weighted by molar-refractivity contribution is 5.18. The molecule has 15 heavy (non-hydrogen) atoms. The Morgan fingerprint density at radius 1 is 1.13 bits per heavy atom. The topological polar surface area (TPSA) is 40.5 Å². The molecule has 1 fully saturated rings. The van der Waals surface area contributed by atoms with Gasteiger partial charge in [0.2, 0.25) is 0 Å². The van der Waals surface area contributed by atoms with Crippen LogP contribution in [-0.2, 0) is 6.42 Å². The van der Waals surface area contributed by atoms with Crippen molar-refractivity contribution in [2.45, 2.75) is 38.4 Å². The summed E-state index contributed by atoms with van der Waals surface area (Å²) in [5.74, 6) is 0. The minimum atomic E-state index is -0.382. The van der Waals surface area contributed by atoms with Crippen LogP contribution >= 0.6 is 0 Å². The fraction of sp³-hybridized carbons (Fsp3) is 0.538. The summed E-state index contributed by atoms with van der Waals surface area (Å²) in [5, 5.41) is 19.8. The predicted octanol–water partition coefficient (Wildman–Crippen LogP) is 1.75. The summed E-state index contributed by atoms with van der Waals surface area (Å²) in [6, 6.07) is 10.1. The minimum absolute atomic E-state index is 0.374. The number of benzene rings is 1. The number of hydrogen-bond donors (Lipinski definition) is 2. The van der Waals surface area contributed by atoms with Gasteiger partial charge in [-0.05, 0) is 24.8 Å². The van der Waals surface area contributed by atoms with Crippen molar-refractivity contribution in [3.05, 3.63) is 35.9 Å². The minimum Gasteiger partial charge on any atom is -0.392 e. The van der Waals surface area contributed by atoms with Crippen LogP contribution in [0.5, 0.6) is 0 Å². The van der Waals surface area contributed by atoms with Crippen LogP contribution < -0.4 is 0 Å². The van der Waals surface area contributed by atoms with Crippen molar-refractivity contribution in [1.29, 1.82) is 0 Å². The van der Waals surface area contributed by atoms with Crippen molar-refractivity contribution in [2.24, 2.45) is 5.41 Å². The first-order valence-corrected chi connectivity index (χ1v) is 5.53. The molecule has 0 aromatic heterocycles. The van der Waals surface area contributed by atoms with Gasteiger partial charge in [-0.2, -0.15) is 0 Å². The third kappa shape index (κ3) is 1.92. The zero-order valence-electron chi connectivity index (χ0n) is 9.06. The van der Waals surface area contributed by atoms with E-state index in [-0.39, 0.29) is 17.6 Å². The second kappa shape index (κ2) is 3.95. The van der Waals surface area contributed by atoms with Crippen LogP contribution in [-0.4, -0.2) is 22.4 Å². The van der Waals surface area contributed by atoms with Crippen LogP contribution in [0.15, 0.2) is 30.3 Å². The quantitative estimate of drug-likeness (QED) is 0.774. The van der Waals surface area contributed by atoms with Crippen LogP contribution in [0.3, 0.4) is 0 Å². The van der Waals surface area contributed by atoms with Gasteiger partial charge in [0, 0.05) is 5.41 Å². The van der Waals surface area contributed by atoms with Crippen LogP contribution in [0.4, 0.5) is 0 Å². The van der Waals surface area contributed by atoms with E-state index >= 15 is 0 Å². The fourth-order valence-corrected chi connectivity index (χ4v) is 2.47. The molecule has 2 N–H and O–H groups in total. The molecule has 1 aromatic rings. The maximum Gasteiger partial charge on any atom is 0.0622 e. The fourth-order valence-electron chi connectivity index (χ4n) is 2.47. The average Bonchev–Trinajstić information content (AvgIpc) is 2.48. The van der Waals surface area contributed by atoms with Crippen LogP contribution in [0.1, 0.15) is 25.3 Å². The molecule has 0 amide bonds. The van der Waals surface area contributed by atoms with E-state index in [0.717, 1.165) is 6.42 Å². The van der Waals surface area contributed by atoms with Gasteiger partial charge in [0.05, 0.1) is 12.2 Å². The summed E-state index contributed by atoms with van der Waals surface area (Å²) in [7, 11) is 0. The molecule has 0 heterocycles. The van der Waals surface area contributed by atoms with E-state index in [1.54, 1.807) is 0 Å². The van der Waals surface area contributed by atoms with Crippen molar-refractivity contribution in [3.8, 4) is 0 Å². The Morgan fingerprint density at radius 2 is 1.67 bits per heavy atom. The lowest BCUT2D eigenvalue weighted by Crippen LogP contribution is -2.37. The third-order valence-corrected chi connectivity index (χ3v) is 3.66. The molecule has 2 rings (SSSR count). The Balaban J connectivity index is 2.17. The van der Waals surface area contributed by atoms with Gasteiger partial charge in [0.1, 0.15) is 0 Å². The van der Waals surface area contributed by atoms with E-state index in [2.05, 4.69) is 0 Å². The Labute approximate surface area is 90.6 Å². The summed E-state index contributed by atoms with van der Waals surface area (Å²) in [6.45, 7) is 1.97. The van der Waals surface area contributed by atoms with Crippen molar-refractivity contribution in [1.82, 2.24) is 0 Å². The highest BCUT2D eigenvalue weighted by Gasteiger charge is 2.44. The Bertz CT molecular complexity index is 311. The van der Waals surface area contributed by atoms with Crippen molar-refractivity contribution < 1.29 is 10.2 Å². The lowest BCUT2D eigenvalue weighted by Gasteiger charge is -2.31. The second-order valence-corrected chi connectivity index (χ2v) is 4.78. The van der Waals surface area contributed by atoms with Crippen molar-refractivity contribution in [2.75, 3.05) is 0 Å². The molecule has 1 aromatic carbocycles. The van der Waals surface area contributed by atoms with Gasteiger partial charge in [0.15, 0.2) is 0 Å². The molecule has 0 bridgehead atoms. The number of hydrogen-bond acceptors (Lipinski definition) is 2. The van der Waals surface area contributed by atoms with Gasteiger partial charge in [-0.3, -0.25) is 0 Å². The zero-order valence-corrected chi connectivity index (χ0v) is 9.06. The highest BCUT2D eigenvalue weighted by Crippen LogP contribution is 2.40. The largest absolute Gasteiger partial charge is 0.392 e. The van der Waals surface area contributed by atoms with E-state index < -0.39 is 0 Å². The van der Waals surface area contributed by atoms with Gasteiger partial charge >= 0.3 is 0 Å². The molecule has 82 valence electrons. The van der Waals surface area contributed by atoms with E-state index in [9.17, 15) is 10.2 Å². The molecule has 1 aliphatic rings. The monoisotopic (exact) mass is 206 g/mol. The number of aliphatic hydroxyl groups excluding tert-OH is 2. The summed E-state index contributed by atoms with van der Waals surface area (Å²) >= 11 is 0. The normalized spacial score (nSPS) is 29.3. The molecular formula is C13H18O2.